The second-order valence-electron chi connectivity index (χ2n) is 8.03. The number of benzene rings is 2. The molecule has 1 saturated heterocycles. The fraction of sp³-hybridized carbons (Fsp3) is 0.391. The number of nitrogens with zero attached hydrogens (tertiary/aromatic N) is 2. The van der Waals surface area contributed by atoms with Gasteiger partial charge in [0.25, 0.3) is 5.91 Å². The highest BCUT2D eigenvalue weighted by molar-refractivity contribution is 5.95. The van der Waals surface area contributed by atoms with Gasteiger partial charge in [0.15, 0.2) is 0 Å². The van der Waals surface area contributed by atoms with E-state index in [2.05, 4.69) is 16.1 Å². The first-order valence-corrected chi connectivity index (χ1v) is 10.6. The van der Waals surface area contributed by atoms with Crippen molar-refractivity contribution in [2.75, 3.05) is 38.0 Å². The van der Waals surface area contributed by atoms with Crippen molar-refractivity contribution >= 4 is 17.5 Å². The lowest BCUT2D eigenvalue weighted by molar-refractivity contribution is -0.274. The van der Waals surface area contributed by atoms with Crippen LogP contribution >= 0.6 is 0 Å². The Bertz CT molecular complexity index is 984. The second-order valence-corrected chi connectivity index (χ2v) is 8.03. The second kappa shape index (κ2) is 9.20. The molecule has 1 fully saturated rings. The molecule has 32 heavy (non-hydrogen) atoms. The molecule has 1 heterocycles. The minimum Gasteiger partial charge on any atom is -0.406 e. The molecule has 0 saturated carbocycles. The van der Waals surface area contributed by atoms with Crippen LogP contribution in [0.5, 0.6) is 5.75 Å². The fourth-order valence-corrected chi connectivity index (χ4v) is 4.14. The van der Waals surface area contributed by atoms with Crippen molar-refractivity contribution in [3.8, 4) is 5.75 Å². The maximum Gasteiger partial charge on any atom is 0.573 e. The van der Waals surface area contributed by atoms with Crippen LogP contribution in [0, 0.1) is 0 Å². The van der Waals surface area contributed by atoms with Gasteiger partial charge in [-0.1, -0.05) is 6.07 Å². The van der Waals surface area contributed by atoms with Gasteiger partial charge in [-0.25, -0.2) is 0 Å². The molecule has 1 aliphatic carbocycles. The molecule has 0 atom stereocenters. The van der Waals surface area contributed by atoms with Crippen LogP contribution in [0.2, 0.25) is 0 Å². The van der Waals surface area contributed by atoms with E-state index in [9.17, 15) is 22.8 Å². The van der Waals surface area contributed by atoms with Gasteiger partial charge in [-0.3, -0.25) is 14.5 Å². The summed E-state index contributed by atoms with van der Waals surface area (Å²) in [6, 6.07) is 11.0. The maximum absolute atomic E-state index is 12.8. The van der Waals surface area contributed by atoms with Gasteiger partial charge in [0.05, 0.1) is 6.54 Å². The number of nitrogens with one attached hydrogen (secondary N) is 1. The zero-order valence-corrected chi connectivity index (χ0v) is 17.5. The van der Waals surface area contributed by atoms with Gasteiger partial charge < -0.3 is 15.0 Å². The summed E-state index contributed by atoms with van der Waals surface area (Å²) < 4.78 is 40.5. The van der Waals surface area contributed by atoms with Gasteiger partial charge in [0.1, 0.15) is 5.75 Å². The summed E-state index contributed by atoms with van der Waals surface area (Å²) in [6.07, 6.45) is -1.51. The lowest BCUT2D eigenvalue weighted by atomic mass is 10.1. The number of halogens is 3. The van der Waals surface area contributed by atoms with E-state index < -0.39 is 6.36 Å². The first kappa shape index (κ1) is 22.1. The van der Waals surface area contributed by atoms with Crippen molar-refractivity contribution in [3.05, 3.63) is 59.2 Å². The average Bonchev–Trinajstić information content (AvgIpc) is 3.22. The van der Waals surface area contributed by atoms with Crippen LogP contribution in [0.3, 0.4) is 0 Å². The summed E-state index contributed by atoms with van der Waals surface area (Å²) in [5.41, 5.74) is 3.70. The number of carbonyl (C=O) groups is 2. The standard InChI is InChI=1S/C23H24F3N3O3/c24-23(25,26)32-20-8-6-19(7-9-20)27-21(30)15-28-10-12-29(13-11-28)22(31)18-5-4-16-2-1-3-17(16)14-18/h4-9,14H,1-3,10-13,15H2,(H,27,30). The maximum atomic E-state index is 12.8. The number of anilines is 1. The SMILES string of the molecule is O=C(CN1CCN(C(=O)c2ccc3c(c2)CCC3)CC1)Nc1ccc(OC(F)(F)F)cc1. The zero-order chi connectivity index (χ0) is 22.7. The Morgan fingerprint density at radius 2 is 1.62 bits per heavy atom. The highest BCUT2D eigenvalue weighted by Gasteiger charge is 2.31. The molecular weight excluding hydrogens is 423 g/mol. The number of alkyl halides is 3. The van der Waals surface area contributed by atoms with E-state index in [-0.39, 0.29) is 24.1 Å². The van der Waals surface area contributed by atoms with Crippen LogP contribution < -0.4 is 10.1 Å². The van der Waals surface area contributed by atoms with Crippen LogP contribution in [-0.4, -0.2) is 60.7 Å². The van der Waals surface area contributed by atoms with Crippen molar-refractivity contribution < 1.29 is 27.5 Å². The normalized spacial score (nSPS) is 16.5. The Morgan fingerprint density at radius 1 is 0.938 bits per heavy atom. The van der Waals surface area contributed by atoms with E-state index in [1.54, 1.807) is 0 Å². The third-order valence-corrected chi connectivity index (χ3v) is 5.74. The average molecular weight is 447 g/mol. The van der Waals surface area contributed by atoms with Gasteiger partial charge in [-0.2, -0.15) is 0 Å². The zero-order valence-electron chi connectivity index (χ0n) is 17.5. The van der Waals surface area contributed by atoms with Crippen LogP contribution in [0.1, 0.15) is 27.9 Å². The molecular formula is C23H24F3N3O3. The van der Waals surface area contributed by atoms with Gasteiger partial charge >= 0.3 is 6.36 Å². The molecule has 170 valence electrons. The molecule has 1 N–H and O–H groups in total. The topological polar surface area (TPSA) is 61.9 Å². The molecule has 2 aliphatic rings. The summed E-state index contributed by atoms with van der Waals surface area (Å²) in [5, 5.41) is 2.66. The molecule has 6 nitrogen and oxygen atoms in total. The third-order valence-electron chi connectivity index (χ3n) is 5.74. The highest BCUT2D eigenvalue weighted by atomic mass is 19.4. The van der Waals surface area contributed by atoms with E-state index in [4.69, 9.17) is 0 Å². The number of ether oxygens (including phenoxy) is 1. The van der Waals surface area contributed by atoms with E-state index in [0.717, 1.165) is 37.0 Å². The summed E-state index contributed by atoms with van der Waals surface area (Å²) >= 11 is 0. The molecule has 2 aromatic rings. The van der Waals surface area contributed by atoms with Gasteiger partial charge in [0.2, 0.25) is 5.91 Å². The molecule has 2 aromatic carbocycles. The molecule has 0 spiro atoms. The Morgan fingerprint density at radius 3 is 2.31 bits per heavy atom. The van der Waals surface area contributed by atoms with Crippen molar-refractivity contribution in [1.82, 2.24) is 9.80 Å². The Balaban J connectivity index is 1.24. The van der Waals surface area contributed by atoms with Crippen LogP contribution in [0.15, 0.2) is 42.5 Å². The van der Waals surface area contributed by atoms with Crippen LogP contribution in [-0.2, 0) is 17.6 Å². The molecule has 0 radical (unpaired) electrons. The van der Waals surface area contributed by atoms with E-state index >= 15 is 0 Å². The number of fused-ring (bicyclic) bond motifs is 1. The summed E-state index contributed by atoms with van der Waals surface area (Å²) in [4.78, 5) is 28.9. The van der Waals surface area contributed by atoms with Crippen molar-refractivity contribution in [2.24, 2.45) is 0 Å². The van der Waals surface area contributed by atoms with Crippen LogP contribution in [0.4, 0.5) is 18.9 Å². The van der Waals surface area contributed by atoms with Crippen LogP contribution in [0.25, 0.3) is 0 Å². The first-order chi connectivity index (χ1) is 15.3. The van der Waals surface area contributed by atoms with Crippen molar-refractivity contribution in [1.29, 1.82) is 0 Å². The monoisotopic (exact) mass is 447 g/mol. The molecule has 9 heteroatoms. The van der Waals surface area contributed by atoms with E-state index in [1.165, 1.54) is 23.3 Å². The summed E-state index contributed by atoms with van der Waals surface area (Å²) in [5.74, 6) is -0.600. The lowest BCUT2D eigenvalue weighted by Gasteiger charge is -2.34. The molecule has 1 aliphatic heterocycles. The van der Waals surface area contributed by atoms with Gasteiger partial charge in [0, 0.05) is 37.4 Å². The predicted octanol–water partition coefficient (Wildman–Crippen LogP) is 3.47. The molecule has 2 amide bonds. The Kier molecular flexibility index (Phi) is 6.36. The lowest BCUT2D eigenvalue weighted by Crippen LogP contribution is -2.50. The Hall–Kier alpha value is -3.07. The number of amides is 2. The predicted molar refractivity (Wildman–Crippen MR) is 113 cm³/mol. The van der Waals surface area contributed by atoms with Crippen molar-refractivity contribution in [3.63, 3.8) is 0 Å². The number of hydrogen-bond donors (Lipinski definition) is 1. The quantitative estimate of drug-likeness (QED) is 0.763. The largest absolute Gasteiger partial charge is 0.573 e. The molecule has 0 bridgehead atoms. The number of piperazine rings is 1. The molecule has 0 aromatic heterocycles. The summed E-state index contributed by atoms with van der Waals surface area (Å²) in [6.45, 7) is 2.35. The number of aryl methyl sites for hydroxylation is 2. The number of hydrogen-bond acceptors (Lipinski definition) is 4. The van der Waals surface area contributed by atoms with Gasteiger partial charge in [-0.05, 0) is 66.8 Å². The van der Waals surface area contributed by atoms with E-state index in [0.29, 0.717) is 31.9 Å². The van der Waals surface area contributed by atoms with E-state index in [1.807, 2.05) is 21.9 Å². The smallest absolute Gasteiger partial charge is 0.406 e. The fourth-order valence-electron chi connectivity index (χ4n) is 4.14. The minimum atomic E-state index is -4.76. The summed E-state index contributed by atoms with van der Waals surface area (Å²) in [7, 11) is 0. The number of carbonyl (C=O) groups excluding carboxylic acids is 2. The highest BCUT2D eigenvalue weighted by Crippen LogP contribution is 2.25. The number of rotatable bonds is 5. The molecule has 4 rings (SSSR count). The third kappa shape index (κ3) is 5.59. The first-order valence-electron chi connectivity index (χ1n) is 10.6. The van der Waals surface area contributed by atoms with Gasteiger partial charge in [-0.15, -0.1) is 13.2 Å². The minimum absolute atomic E-state index is 0.0185. The van der Waals surface area contributed by atoms with Crippen molar-refractivity contribution in [2.45, 2.75) is 25.6 Å². The Labute approximate surface area is 183 Å². The molecule has 0 unspecified atom stereocenters.